The first-order valence-corrected chi connectivity index (χ1v) is 9.28. The van der Waals surface area contributed by atoms with E-state index in [9.17, 15) is 14.7 Å². The Morgan fingerprint density at radius 3 is 2.42 bits per heavy atom. The van der Waals surface area contributed by atoms with E-state index in [1.54, 1.807) is 6.08 Å². The molecule has 0 saturated heterocycles. The quantitative estimate of drug-likeness (QED) is 0.572. The molecule has 0 aromatic heterocycles. The Morgan fingerprint density at radius 1 is 1.15 bits per heavy atom. The maximum atomic E-state index is 12.7. The largest absolute Gasteiger partial charge is 0.480 e. The molecule has 0 bridgehead atoms. The van der Waals surface area contributed by atoms with Crippen LogP contribution in [0.5, 0.6) is 0 Å². The maximum Gasteiger partial charge on any atom is 0.327 e. The Balaban J connectivity index is 2.26. The molecule has 0 spiro atoms. The van der Waals surface area contributed by atoms with Crippen molar-refractivity contribution in [3.63, 3.8) is 0 Å². The molecular formula is C21H25NO3S. The van der Waals surface area contributed by atoms with Crippen molar-refractivity contribution in [3.05, 3.63) is 59.7 Å². The molecule has 1 N–H and O–H groups in total. The zero-order chi connectivity index (χ0) is 19.3. The van der Waals surface area contributed by atoms with Crippen molar-refractivity contribution in [3.8, 4) is 0 Å². The third kappa shape index (κ3) is 4.67. The molecule has 0 aliphatic heterocycles. The number of carbonyl (C=O) groups excluding carboxylic acids is 1. The highest BCUT2D eigenvalue weighted by Gasteiger charge is 2.29. The van der Waals surface area contributed by atoms with Crippen LogP contribution in [-0.4, -0.2) is 39.7 Å². The van der Waals surface area contributed by atoms with Crippen LogP contribution in [0.1, 0.15) is 26.3 Å². The highest BCUT2D eigenvalue weighted by atomic mass is 32.1. The van der Waals surface area contributed by atoms with Crippen molar-refractivity contribution in [1.82, 2.24) is 4.90 Å². The lowest BCUT2D eigenvalue weighted by Gasteiger charge is -2.31. The number of rotatable bonds is 7. The van der Waals surface area contributed by atoms with Crippen LogP contribution < -0.4 is 0 Å². The van der Waals surface area contributed by atoms with Crippen molar-refractivity contribution in [2.45, 2.75) is 39.3 Å². The summed E-state index contributed by atoms with van der Waals surface area (Å²) >= 11 is 4.10. The predicted octanol–water partition coefficient (Wildman–Crippen LogP) is 3.95. The minimum atomic E-state index is -1.04. The summed E-state index contributed by atoms with van der Waals surface area (Å²) in [4.78, 5) is 25.5. The molecule has 0 radical (unpaired) electrons. The van der Waals surface area contributed by atoms with Crippen LogP contribution in [-0.2, 0) is 16.0 Å². The smallest absolute Gasteiger partial charge is 0.327 e. The van der Waals surface area contributed by atoms with Crippen LogP contribution in [0.15, 0.2) is 54.1 Å². The molecule has 1 amide bonds. The normalized spacial score (nSPS) is 13.0. The van der Waals surface area contributed by atoms with Gasteiger partial charge in [-0.25, -0.2) is 4.79 Å². The second-order valence-electron chi connectivity index (χ2n) is 6.68. The van der Waals surface area contributed by atoms with Crippen LogP contribution in [0.25, 0.3) is 10.8 Å². The Morgan fingerprint density at radius 2 is 1.81 bits per heavy atom. The SMILES string of the molecule is C/C(=C\C(=O)N(C(C)C)[C@@H](CS)C(=O)O)Cc1cccc2ccccc12. The molecule has 138 valence electrons. The molecule has 5 heteroatoms. The fourth-order valence-corrected chi connectivity index (χ4v) is 3.47. The Hall–Kier alpha value is -2.27. The van der Waals surface area contributed by atoms with Gasteiger partial charge in [-0.05, 0) is 43.5 Å². The summed E-state index contributed by atoms with van der Waals surface area (Å²) in [5.41, 5.74) is 2.03. The van der Waals surface area contributed by atoms with Crippen molar-refractivity contribution >= 4 is 35.3 Å². The van der Waals surface area contributed by atoms with Gasteiger partial charge in [0.2, 0.25) is 5.91 Å². The number of fused-ring (bicyclic) bond motifs is 1. The molecule has 2 rings (SSSR count). The average molecular weight is 372 g/mol. The van der Waals surface area contributed by atoms with Crippen LogP contribution in [0, 0.1) is 0 Å². The monoisotopic (exact) mass is 371 g/mol. The first-order chi connectivity index (χ1) is 12.3. The second kappa shape index (κ2) is 8.90. The van der Waals surface area contributed by atoms with Gasteiger partial charge in [-0.15, -0.1) is 0 Å². The zero-order valence-electron chi connectivity index (χ0n) is 15.3. The lowest BCUT2D eigenvalue weighted by atomic mass is 9.99. The van der Waals surface area contributed by atoms with Gasteiger partial charge in [0.1, 0.15) is 6.04 Å². The lowest BCUT2D eigenvalue weighted by molar-refractivity contribution is -0.148. The zero-order valence-corrected chi connectivity index (χ0v) is 16.2. The lowest BCUT2D eigenvalue weighted by Crippen LogP contribution is -2.49. The van der Waals surface area contributed by atoms with E-state index in [2.05, 4.69) is 36.9 Å². The predicted molar refractivity (Wildman–Crippen MR) is 109 cm³/mol. The number of allylic oxidation sites excluding steroid dienone is 1. The van der Waals surface area contributed by atoms with E-state index < -0.39 is 12.0 Å². The van der Waals surface area contributed by atoms with Crippen LogP contribution >= 0.6 is 12.6 Å². The fourth-order valence-electron chi connectivity index (χ4n) is 3.14. The van der Waals surface area contributed by atoms with Crippen molar-refractivity contribution in [2.24, 2.45) is 0 Å². The van der Waals surface area contributed by atoms with E-state index in [0.717, 1.165) is 21.9 Å². The van der Waals surface area contributed by atoms with Crippen molar-refractivity contribution < 1.29 is 14.7 Å². The van der Waals surface area contributed by atoms with Gasteiger partial charge in [-0.3, -0.25) is 4.79 Å². The maximum absolute atomic E-state index is 12.7. The molecule has 2 aromatic rings. The van der Waals surface area contributed by atoms with Crippen LogP contribution in [0.3, 0.4) is 0 Å². The molecule has 0 aliphatic rings. The van der Waals surface area contributed by atoms with Crippen molar-refractivity contribution in [1.29, 1.82) is 0 Å². The van der Waals surface area contributed by atoms with E-state index in [1.807, 2.05) is 39.0 Å². The van der Waals surface area contributed by atoms with Gasteiger partial charge in [0.25, 0.3) is 0 Å². The topological polar surface area (TPSA) is 57.6 Å². The summed E-state index contributed by atoms with van der Waals surface area (Å²) in [6.07, 6.45) is 2.18. The highest BCUT2D eigenvalue weighted by Crippen LogP contribution is 2.21. The molecular weight excluding hydrogens is 346 g/mol. The minimum Gasteiger partial charge on any atom is -0.480 e. The summed E-state index contributed by atoms with van der Waals surface area (Å²) in [5.74, 6) is -1.25. The number of carbonyl (C=O) groups is 2. The van der Waals surface area contributed by atoms with Gasteiger partial charge in [-0.2, -0.15) is 12.6 Å². The number of amides is 1. The number of hydrogen-bond acceptors (Lipinski definition) is 3. The van der Waals surface area contributed by atoms with Gasteiger partial charge < -0.3 is 10.0 Å². The highest BCUT2D eigenvalue weighted by molar-refractivity contribution is 7.80. The number of carboxylic acids is 1. The number of aliphatic carboxylic acids is 1. The van der Waals surface area contributed by atoms with E-state index >= 15 is 0 Å². The second-order valence-corrected chi connectivity index (χ2v) is 7.05. The van der Waals surface area contributed by atoms with E-state index in [1.165, 1.54) is 4.90 Å². The molecule has 26 heavy (non-hydrogen) atoms. The van der Waals surface area contributed by atoms with Gasteiger partial charge in [0.05, 0.1) is 0 Å². The van der Waals surface area contributed by atoms with E-state index in [4.69, 9.17) is 0 Å². The van der Waals surface area contributed by atoms with Gasteiger partial charge in [-0.1, -0.05) is 48.0 Å². The number of hydrogen-bond donors (Lipinski definition) is 2. The molecule has 0 unspecified atom stereocenters. The third-order valence-corrected chi connectivity index (χ3v) is 4.67. The summed E-state index contributed by atoms with van der Waals surface area (Å²) in [6.45, 7) is 5.52. The molecule has 4 nitrogen and oxygen atoms in total. The van der Waals surface area contributed by atoms with E-state index in [-0.39, 0.29) is 17.7 Å². The molecule has 1 atom stereocenters. The van der Waals surface area contributed by atoms with Gasteiger partial charge in [0.15, 0.2) is 0 Å². The summed E-state index contributed by atoms with van der Waals surface area (Å²) < 4.78 is 0. The Bertz CT molecular complexity index is 824. The summed E-state index contributed by atoms with van der Waals surface area (Å²) in [7, 11) is 0. The van der Waals surface area contributed by atoms with E-state index in [0.29, 0.717) is 6.42 Å². The van der Waals surface area contributed by atoms with Gasteiger partial charge in [0, 0.05) is 17.9 Å². The standard InChI is InChI=1S/C21H25NO3S/c1-14(2)22(19(13-26)21(24)25)20(23)12-15(3)11-17-9-6-8-16-7-4-5-10-18(16)17/h4-10,12,14,19,26H,11,13H2,1-3H3,(H,24,25)/b15-12+/t19-/m0/s1. The molecule has 0 fully saturated rings. The molecule has 0 saturated carbocycles. The molecule has 0 heterocycles. The average Bonchev–Trinajstić information content (AvgIpc) is 2.58. The Kier molecular flexibility index (Phi) is 6.86. The first-order valence-electron chi connectivity index (χ1n) is 8.65. The molecule has 0 aliphatic carbocycles. The third-order valence-electron chi connectivity index (χ3n) is 4.32. The summed E-state index contributed by atoms with van der Waals surface area (Å²) in [5, 5.41) is 11.7. The Labute approximate surface area is 159 Å². The van der Waals surface area contributed by atoms with Crippen LogP contribution in [0.4, 0.5) is 0 Å². The number of thiol groups is 1. The fraction of sp³-hybridized carbons (Fsp3) is 0.333. The number of nitrogens with zero attached hydrogens (tertiary/aromatic N) is 1. The number of benzene rings is 2. The first kappa shape index (κ1) is 20.0. The minimum absolute atomic E-state index is 0.0788. The van der Waals surface area contributed by atoms with Crippen molar-refractivity contribution in [2.75, 3.05) is 5.75 Å². The molecule has 2 aromatic carbocycles. The van der Waals surface area contributed by atoms with Gasteiger partial charge >= 0.3 is 5.97 Å². The number of carboxylic acid groups (broad SMARTS) is 1. The van der Waals surface area contributed by atoms with Crippen LogP contribution in [0.2, 0.25) is 0 Å². The summed E-state index contributed by atoms with van der Waals surface area (Å²) in [6, 6.07) is 13.1.